The summed E-state index contributed by atoms with van der Waals surface area (Å²) in [7, 11) is 3.18. The van der Waals surface area contributed by atoms with Crippen LogP contribution in [0.1, 0.15) is 16.7 Å². The van der Waals surface area contributed by atoms with Crippen LogP contribution < -0.4 is 9.47 Å². The first-order valence-corrected chi connectivity index (χ1v) is 7.55. The number of carbonyl (C=O) groups is 1. The lowest BCUT2D eigenvalue weighted by molar-refractivity contribution is -0.130. The highest BCUT2D eigenvalue weighted by molar-refractivity contribution is 6.05. The van der Waals surface area contributed by atoms with Crippen LogP contribution in [0.2, 0.25) is 0 Å². The highest BCUT2D eigenvalue weighted by Crippen LogP contribution is 2.31. The molecular formula is C20H18O4. The predicted molar refractivity (Wildman–Crippen MR) is 92.8 cm³/mol. The lowest BCUT2D eigenvalue weighted by Gasteiger charge is -2.07. The molecule has 0 unspecified atom stereocenters. The Bertz CT molecular complexity index is 829. The number of ether oxygens (including phenoxy) is 3. The van der Waals surface area contributed by atoms with Crippen molar-refractivity contribution in [2.45, 2.75) is 6.92 Å². The van der Waals surface area contributed by atoms with Crippen molar-refractivity contribution in [2.24, 2.45) is 0 Å². The van der Waals surface area contributed by atoms with Crippen LogP contribution in [0.5, 0.6) is 11.5 Å². The zero-order chi connectivity index (χ0) is 17.1. The van der Waals surface area contributed by atoms with E-state index >= 15 is 0 Å². The Kier molecular flexibility index (Phi) is 4.38. The molecule has 4 heteroatoms. The molecule has 0 atom stereocenters. The van der Waals surface area contributed by atoms with Gasteiger partial charge < -0.3 is 14.2 Å². The van der Waals surface area contributed by atoms with Gasteiger partial charge in [-0.1, -0.05) is 29.8 Å². The van der Waals surface area contributed by atoms with E-state index in [9.17, 15) is 4.79 Å². The number of hydrogen-bond donors (Lipinski definition) is 0. The maximum Gasteiger partial charge on any atom is 0.343 e. The monoisotopic (exact) mass is 322 g/mol. The fourth-order valence-electron chi connectivity index (χ4n) is 2.47. The van der Waals surface area contributed by atoms with Crippen molar-refractivity contribution >= 4 is 17.8 Å². The summed E-state index contributed by atoms with van der Waals surface area (Å²) in [5.74, 6) is 1.52. The second-order valence-electron chi connectivity index (χ2n) is 5.47. The van der Waals surface area contributed by atoms with Crippen LogP contribution in [0.15, 0.2) is 54.1 Å². The van der Waals surface area contributed by atoms with Gasteiger partial charge in [-0.05, 0) is 37.3 Å². The van der Waals surface area contributed by atoms with Gasteiger partial charge in [-0.25, -0.2) is 4.79 Å². The molecule has 24 heavy (non-hydrogen) atoms. The van der Waals surface area contributed by atoms with Crippen LogP contribution in [0.4, 0.5) is 0 Å². The first kappa shape index (κ1) is 15.9. The quantitative estimate of drug-likeness (QED) is 0.630. The smallest absolute Gasteiger partial charge is 0.343 e. The van der Waals surface area contributed by atoms with Crippen molar-refractivity contribution in [3.8, 4) is 11.5 Å². The third-order valence-electron chi connectivity index (χ3n) is 3.81. The molecule has 0 fully saturated rings. The van der Waals surface area contributed by atoms with Crippen LogP contribution in [0.25, 0.3) is 11.8 Å². The van der Waals surface area contributed by atoms with Crippen LogP contribution in [0, 0.1) is 6.92 Å². The van der Waals surface area contributed by atoms with Crippen molar-refractivity contribution in [2.75, 3.05) is 14.2 Å². The minimum absolute atomic E-state index is 0.379. The van der Waals surface area contributed by atoms with Gasteiger partial charge in [0.25, 0.3) is 0 Å². The van der Waals surface area contributed by atoms with Crippen LogP contribution >= 0.6 is 0 Å². The van der Waals surface area contributed by atoms with E-state index < -0.39 is 0 Å². The molecule has 3 rings (SSSR count). The zero-order valence-corrected chi connectivity index (χ0v) is 13.8. The molecule has 2 aromatic rings. The largest absolute Gasteiger partial charge is 0.497 e. The molecule has 0 aliphatic carbocycles. The Balaban J connectivity index is 1.98. The molecule has 0 radical (unpaired) electrons. The lowest BCUT2D eigenvalue weighted by Crippen LogP contribution is -1.98. The minimum Gasteiger partial charge on any atom is -0.497 e. The Labute approximate surface area is 141 Å². The number of hydrogen-bond acceptors (Lipinski definition) is 4. The molecular weight excluding hydrogens is 304 g/mol. The third kappa shape index (κ3) is 3.18. The standard InChI is InChI=1S/C20H18O4/c1-13-4-6-14(7-5-13)19-12-16(20(21)24-19)10-15-11-17(22-2)8-9-18(15)23-3/h4-12H,1-3H3. The van der Waals surface area contributed by atoms with E-state index in [1.54, 1.807) is 38.5 Å². The number of carbonyl (C=O) groups excluding carboxylic acids is 1. The Morgan fingerprint density at radius 2 is 1.75 bits per heavy atom. The van der Waals surface area contributed by atoms with Crippen molar-refractivity contribution < 1.29 is 19.0 Å². The van der Waals surface area contributed by atoms with Crippen molar-refractivity contribution in [1.82, 2.24) is 0 Å². The number of aryl methyl sites for hydroxylation is 1. The Hall–Kier alpha value is -3.01. The molecule has 122 valence electrons. The van der Waals surface area contributed by atoms with Gasteiger partial charge in [0, 0.05) is 11.1 Å². The van der Waals surface area contributed by atoms with Crippen molar-refractivity contribution in [1.29, 1.82) is 0 Å². The van der Waals surface area contributed by atoms with Crippen molar-refractivity contribution in [3.05, 3.63) is 70.8 Å². The van der Waals surface area contributed by atoms with Crippen LogP contribution in [-0.2, 0) is 9.53 Å². The molecule has 2 aromatic carbocycles. The fourth-order valence-corrected chi connectivity index (χ4v) is 2.47. The molecule has 0 aromatic heterocycles. The van der Waals surface area contributed by atoms with E-state index in [4.69, 9.17) is 14.2 Å². The second-order valence-corrected chi connectivity index (χ2v) is 5.47. The SMILES string of the molecule is COc1ccc(OC)c(C=C2C=C(c3ccc(C)cc3)OC2=O)c1. The van der Waals surface area contributed by atoms with Gasteiger partial charge in [0.1, 0.15) is 17.3 Å². The first-order chi connectivity index (χ1) is 11.6. The highest BCUT2D eigenvalue weighted by atomic mass is 16.5. The van der Waals surface area contributed by atoms with E-state index in [0.29, 0.717) is 22.8 Å². The molecule has 1 aliphatic rings. The summed E-state index contributed by atoms with van der Waals surface area (Å²) in [4.78, 5) is 12.2. The van der Waals surface area contributed by atoms with Gasteiger partial charge in [-0.15, -0.1) is 0 Å². The molecule has 0 saturated carbocycles. The molecule has 0 N–H and O–H groups in total. The molecule has 4 nitrogen and oxygen atoms in total. The van der Waals surface area contributed by atoms with Gasteiger partial charge >= 0.3 is 5.97 Å². The topological polar surface area (TPSA) is 44.8 Å². The lowest BCUT2D eigenvalue weighted by atomic mass is 10.1. The van der Waals surface area contributed by atoms with Gasteiger partial charge in [0.15, 0.2) is 0 Å². The highest BCUT2D eigenvalue weighted by Gasteiger charge is 2.22. The summed E-state index contributed by atoms with van der Waals surface area (Å²) < 4.78 is 16.0. The molecule has 0 bridgehead atoms. The molecule has 0 amide bonds. The average Bonchev–Trinajstić information content (AvgIpc) is 2.96. The fraction of sp³-hybridized carbons (Fsp3) is 0.150. The average molecular weight is 322 g/mol. The predicted octanol–water partition coefficient (Wildman–Crippen LogP) is 3.99. The number of benzene rings is 2. The van der Waals surface area contributed by atoms with Crippen LogP contribution in [0.3, 0.4) is 0 Å². The van der Waals surface area contributed by atoms with Crippen molar-refractivity contribution in [3.63, 3.8) is 0 Å². The van der Waals surface area contributed by atoms with E-state index in [1.807, 2.05) is 37.3 Å². The van der Waals surface area contributed by atoms with E-state index in [2.05, 4.69) is 0 Å². The van der Waals surface area contributed by atoms with E-state index in [-0.39, 0.29) is 5.97 Å². The van der Waals surface area contributed by atoms with Crippen LogP contribution in [-0.4, -0.2) is 20.2 Å². The molecule has 0 saturated heterocycles. The number of methoxy groups -OCH3 is 2. The summed E-state index contributed by atoms with van der Waals surface area (Å²) in [6.07, 6.45) is 3.48. The maximum absolute atomic E-state index is 12.2. The zero-order valence-electron chi connectivity index (χ0n) is 13.8. The number of esters is 1. The molecule has 1 heterocycles. The normalized spacial score (nSPS) is 15.2. The minimum atomic E-state index is -0.379. The summed E-state index contributed by atoms with van der Waals surface area (Å²) in [5, 5.41) is 0. The summed E-state index contributed by atoms with van der Waals surface area (Å²) in [6, 6.07) is 13.3. The second kappa shape index (κ2) is 6.62. The van der Waals surface area contributed by atoms with Gasteiger partial charge in [0.05, 0.1) is 19.8 Å². The summed E-state index contributed by atoms with van der Waals surface area (Å²) in [5.41, 5.74) is 3.25. The summed E-state index contributed by atoms with van der Waals surface area (Å²) >= 11 is 0. The summed E-state index contributed by atoms with van der Waals surface area (Å²) in [6.45, 7) is 2.01. The van der Waals surface area contributed by atoms with E-state index in [0.717, 1.165) is 16.7 Å². The molecule has 0 spiro atoms. The van der Waals surface area contributed by atoms with Gasteiger partial charge in [-0.2, -0.15) is 0 Å². The first-order valence-electron chi connectivity index (χ1n) is 7.55. The van der Waals surface area contributed by atoms with Gasteiger partial charge in [-0.3, -0.25) is 0 Å². The Morgan fingerprint density at radius 3 is 2.42 bits per heavy atom. The Morgan fingerprint density at radius 1 is 1.00 bits per heavy atom. The third-order valence-corrected chi connectivity index (χ3v) is 3.81. The van der Waals surface area contributed by atoms with E-state index in [1.165, 1.54) is 0 Å². The maximum atomic E-state index is 12.2. The number of rotatable bonds is 4. The number of cyclic esters (lactones) is 1. The van der Waals surface area contributed by atoms with Gasteiger partial charge in [0.2, 0.25) is 0 Å². The molecule has 1 aliphatic heterocycles.